The molecule has 1 fully saturated rings. The SMILES string of the molecule is C=CC[C@@H](C)C[C@@H](NC(=O)OC(C)(C)C)C1CCC(=O)O1. The van der Waals surface area contributed by atoms with E-state index < -0.39 is 11.7 Å². The number of hydrogen-bond acceptors (Lipinski definition) is 4. The first-order chi connectivity index (χ1) is 9.71. The minimum Gasteiger partial charge on any atom is -0.460 e. The van der Waals surface area contributed by atoms with Crippen LogP contribution in [0.25, 0.3) is 0 Å². The molecule has 1 rings (SSSR count). The first-order valence-electron chi connectivity index (χ1n) is 7.51. The van der Waals surface area contributed by atoms with Gasteiger partial charge in [0.05, 0.1) is 6.04 Å². The highest BCUT2D eigenvalue weighted by Crippen LogP contribution is 2.23. The van der Waals surface area contributed by atoms with Crippen LogP contribution in [0.5, 0.6) is 0 Å². The Labute approximate surface area is 127 Å². The first-order valence-corrected chi connectivity index (χ1v) is 7.51. The Morgan fingerprint density at radius 2 is 2.24 bits per heavy atom. The van der Waals surface area contributed by atoms with Crippen molar-refractivity contribution in [2.75, 3.05) is 0 Å². The maximum atomic E-state index is 12.0. The number of nitrogens with one attached hydrogen (secondary N) is 1. The number of hydrogen-bond donors (Lipinski definition) is 1. The Morgan fingerprint density at radius 3 is 2.71 bits per heavy atom. The van der Waals surface area contributed by atoms with Crippen molar-refractivity contribution in [1.82, 2.24) is 5.32 Å². The predicted molar refractivity (Wildman–Crippen MR) is 80.9 cm³/mol. The van der Waals surface area contributed by atoms with Gasteiger partial charge < -0.3 is 14.8 Å². The lowest BCUT2D eigenvalue weighted by molar-refractivity contribution is -0.142. The molecule has 5 heteroatoms. The van der Waals surface area contributed by atoms with E-state index in [0.717, 1.165) is 12.8 Å². The number of amides is 1. The van der Waals surface area contributed by atoms with E-state index in [2.05, 4.69) is 18.8 Å². The minimum absolute atomic E-state index is 0.202. The van der Waals surface area contributed by atoms with Gasteiger partial charge in [-0.3, -0.25) is 4.79 Å². The molecular formula is C16H27NO4. The standard InChI is InChI=1S/C16H27NO4/c1-6-7-11(2)10-12(13-8-9-14(18)20-13)17-15(19)21-16(3,4)5/h6,11-13H,1,7-10H2,2-5H3,(H,17,19)/t11-,12-,13?/m1/s1. The molecule has 1 N–H and O–H groups in total. The number of alkyl carbamates (subject to hydrolysis) is 1. The average Bonchev–Trinajstić information content (AvgIpc) is 2.72. The molecule has 0 radical (unpaired) electrons. The Bertz CT molecular complexity index is 386. The van der Waals surface area contributed by atoms with Gasteiger partial charge in [-0.05, 0) is 46.0 Å². The fourth-order valence-corrected chi connectivity index (χ4v) is 2.41. The van der Waals surface area contributed by atoms with Gasteiger partial charge in [0.2, 0.25) is 0 Å². The highest BCUT2D eigenvalue weighted by atomic mass is 16.6. The van der Waals surface area contributed by atoms with Crippen LogP contribution in [0.3, 0.4) is 0 Å². The second-order valence-electron chi connectivity index (χ2n) is 6.68. The highest BCUT2D eigenvalue weighted by Gasteiger charge is 2.33. The number of carbonyl (C=O) groups excluding carboxylic acids is 2. The lowest BCUT2D eigenvalue weighted by atomic mass is 9.94. The average molecular weight is 297 g/mol. The summed E-state index contributed by atoms with van der Waals surface area (Å²) >= 11 is 0. The summed E-state index contributed by atoms with van der Waals surface area (Å²) in [5, 5.41) is 2.85. The van der Waals surface area contributed by atoms with Crippen LogP contribution in [0.15, 0.2) is 12.7 Å². The van der Waals surface area contributed by atoms with Crippen LogP contribution in [0.4, 0.5) is 4.79 Å². The maximum absolute atomic E-state index is 12.0. The normalized spacial score (nSPS) is 21.3. The summed E-state index contributed by atoms with van der Waals surface area (Å²) in [5.74, 6) is 0.147. The molecule has 1 amide bonds. The molecule has 120 valence electrons. The van der Waals surface area contributed by atoms with Gasteiger partial charge in [0.1, 0.15) is 11.7 Å². The summed E-state index contributed by atoms with van der Waals surface area (Å²) in [6.07, 6.45) is 3.75. The Kier molecular flexibility index (Phi) is 6.24. The van der Waals surface area contributed by atoms with E-state index in [9.17, 15) is 9.59 Å². The van der Waals surface area contributed by atoms with E-state index >= 15 is 0 Å². The van der Waals surface area contributed by atoms with Crippen molar-refractivity contribution in [1.29, 1.82) is 0 Å². The molecule has 1 aliphatic rings. The van der Waals surface area contributed by atoms with Gasteiger partial charge in [-0.2, -0.15) is 0 Å². The largest absolute Gasteiger partial charge is 0.460 e. The molecule has 1 aliphatic heterocycles. The van der Waals surface area contributed by atoms with E-state index in [1.54, 1.807) is 0 Å². The number of esters is 1. The smallest absolute Gasteiger partial charge is 0.408 e. The van der Waals surface area contributed by atoms with Crippen molar-refractivity contribution in [3.8, 4) is 0 Å². The predicted octanol–water partition coefficient (Wildman–Crippen LogP) is 3.19. The molecular weight excluding hydrogens is 270 g/mol. The van der Waals surface area contributed by atoms with E-state index in [4.69, 9.17) is 9.47 Å². The van der Waals surface area contributed by atoms with Gasteiger partial charge in [0.15, 0.2) is 0 Å². The second kappa shape index (κ2) is 7.48. The molecule has 0 bridgehead atoms. The summed E-state index contributed by atoms with van der Waals surface area (Å²) in [6, 6.07) is -0.221. The maximum Gasteiger partial charge on any atom is 0.408 e. The zero-order valence-electron chi connectivity index (χ0n) is 13.5. The number of rotatable bonds is 6. The van der Waals surface area contributed by atoms with E-state index in [0.29, 0.717) is 18.8 Å². The molecule has 0 aromatic carbocycles. The van der Waals surface area contributed by atoms with Crippen molar-refractivity contribution in [3.05, 3.63) is 12.7 Å². The number of cyclic esters (lactones) is 1. The van der Waals surface area contributed by atoms with Gasteiger partial charge in [-0.25, -0.2) is 4.79 Å². The van der Waals surface area contributed by atoms with Crippen LogP contribution < -0.4 is 5.32 Å². The molecule has 0 aliphatic carbocycles. The fourth-order valence-electron chi connectivity index (χ4n) is 2.41. The van der Waals surface area contributed by atoms with Crippen LogP contribution >= 0.6 is 0 Å². The second-order valence-corrected chi connectivity index (χ2v) is 6.68. The topological polar surface area (TPSA) is 64.6 Å². The van der Waals surface area contributed by atoms with Crippen LogP contribution in [0.2, 0.25) is 0 Å². The fraction of sp³-hybridized carbons (Fsp3) is 0.750. The van der Waals surface area contributed by atoms with E-state index in [1.165, 1.54) is 0 Å². The lowest BCUT2D eigenvalue weighted by Gasteiger charge is -2.28. The van der Waals surface area contributed by atoms with E-state index in [-0.39, 0.29) is 18.1 Å². The molecule has 0 spiro atoms. The summed E-state index contributed by atoms with van der Waals surface area (Å²) in [7, 11) is 0. The Balaban J connectivity index is 2.65. The molecule has 0 aromatic heterocycles. The third-order valence-electron chi connectivity index (χ3n) is 3.29. The van der Waals surface area contributed by atoms with Crippen molar-refractivity contribution in [3.63, 3.8) is 0 Å². The summed E-state index contributed by atoms with van der Waals surface area (Å²) in [4.78, 5) is 23.3. The van der Waals surface area contributed by atoms with Gasteiger partial charge in [0.25, 0.3) is 0 Å². The summed E-state index contributed by atoms with van der Waals surface area (Å²) < 4.78 is 10.6. The van der Waals surface area contributed by atoms with Crippen molar-refractivity contribution in [2.45, 2.75) is 71.1 Å². The number of carbonyl (C=O) groups is 2. The quantitative estimate of drug-likeness (QED) is 0.604. The monoisotopic (exact) mass is 297 g/mol. The molecule has 1 unspecified atom stereocenters. The molecule has 1 heterocycles. The molecule has 0 aromatic rings. The third-order valence-corrected chi connectivity index (χ3v) is 3.29. The minimum atomic E-state index is -0.548. The van der Waals surface area contributed by atoms with Crippen molar-refractivity contribution < 1.29 is 19.1 Å². The van der Waals surface area contributed by atoms with Crippen LogP contribution in [0, 0.1) is 5.92 Å². The number of allylic oxidation sites excluding steroid dienone is 1. The van der Waals surface area contributed by atoms with E-state index in [1.807, 2.05) is 26.8 Å². The number of ether oxygens (including phenoxy) is 2. The third kappa shape index (κ3) is 6.65. The zero-order valence-corrected chi connectivity index (χ0v) is 13.5. The van der Waals surface area contributed by atoms with Gasteiger partial charge in [0, 0.05) is 6.42 Å². The first kappa shape index (κ1) is 17.5. The van der Waals surface area contributed by atoms with Crippen molar-refractivity contribution >= 4 is 12.1 Å². The van der Waals surface area contributed by atoms with Crippen molar-refractivity contribution in [2.24, 2.45) is 5.92 Å². The van der Waals surface area contributed by atoms with Gasteiger partial charge in [-0.1, -0.05) is 13.0 Å². The molecule has 1 saturated heterocycles. The van der Waals surface area contributed by atoms with Crippen LogP contribution in [0.1, 0.15) is 53.4 Å². The zero-order chi connectivity index (χ0) is 16.0. The molecule has 0 saturated carbocycles. The Hall–Kier alpha value is -1.52. The van der Waals surface area contributed by atoms with Crippen LogP contribution in [-0.4, -0.2) is 29.8 Å². The van der Waals surface area contributed by atoms with Crippen LogP contribution in [-0.2, 0) is 14.3 Å². The summed E-state index contributed by atoms with van der Waals surface area (Å²) in [5.41, 5.74) is -0.548. The lowest BCUT2D eigenvalue weighted by Crippen LogP contribution is -2.46. The van der Waals surface area contributed by atoms with Gasteiger partial charge >= 0.3 is 12.1 Å². The molecule has 3 atom stereocenters. The molecule has 5 nitrogen and oxygen atoms in total. The molecule has 21 heavy (non-hydrogen) atoms. The summed E-state index contributed by atoms with van der Waals surface area (Å²) in [6.45, 7) is 11.3. The highest BCUT2D eigenvalue weighted by molar-refractivity contribution is 5.72. The Morgan fingerprint density at radius 1 is 1.57 bits per heavy atom. The van der Waals surface area contributed by atoms with Gasteiger partial charge in [-0.15, -0.1) is 6.58 Å².